The molecule has 124 valence electrons. The Morgan fingerprint density at radius 1 is 1.29 bits per heavy atom. The number of anilines is 1. The monoisotopic (exact) mass is 343 g/mol. The number of hydrogen-bond acceptors (Lipinski definition) is 6. The fourth-order valence-corrected chi connectivity index (χ4v) is 3.15. The predicted octanol–water partition coefficient (Wildman–Crippen LogP) is 3.14. The smallest absolute Gasteiger partial charge is 0.336 e. The minimum absolute atomic E-state index is 0.204. The van der Waals surface area contributed by atoms with Crippen LogP contribution in [0.2, 0.25) is 0 Å². The van der Waals surface area contributed by atoms with E-state index in [1.54, 1.807) is 17.5 Å². The highest BCUT2D eigenvalue weighted by molar-refractivity contribution is 7.09. The van der Waals surface area contributed by atoms with Gasteiger partial charge >= 0.3 is 5.63 Å². The minimum Gasteiger partial charge on any atom is -0.423 e. The fraction of sp³-hybridized carbons (Fsp3) is 0.235. The van der Waals surface area contributed by atoms with Gasteiger partial charge in [-0.25, -0.2) is 9.78 Å². The maximum atomic E-state index is 12.4. The summed E-state index contributed by atoms with van der Waals surface area (Å²) in [5.41, 5.74) is 8.47. The molecule has 0 fully saturated rings. The van der Waals surface area contributed by atoms with Crippen molar-refractivity contribution in [3.63, 3.8) is 0 Å². The van der Waals surface area contributed by atoms with Crippen LogP contribution in [-0.4, -0.2) is 10.9 Å². The fourth-order valence-electron chi connectivity index (χ4n) is 2.39. The van der Waals surface area contributed by atoms with Gasteiger partial charge in [-0.2, -0.15) is 0 Å². The number of amides is 1. The van der Waals surface area contributed by atoms with Gasteiger partial charge < -0.3 is 15.5 Å². The zero-order chi connectivity index (χ0) is 17.4. The van der Waals surface area contributed by atoms with Crippen molar-refractivity contribution < 1.29 is 9.21 Å². The van der Waals surface area contributed by atoms with Crippen LogP contribution < -0.4 is 16.7 Å². The molecule has 1 atom stereocenters. The van der Waals surface area contributed by atoms with E-state index in [0.717, 1.165) is 16.5 Å². The molecule has 0 aliphatic heterocycles. The molecule has 3 N–H and O–H groups in total. The Balaban J connectivity index is 1.95. The van der Waals surface area contributed by atoms with Crippen molar-refractivity contribution in [2.75, 3.05) is 5.32 Å². The van der Waals surface area contributed by atoms with Crippen LogP contribution in [0.15, 0.2) is 32.8 Å². The molecule has 0 aliphatic rings. The number of benzene rings is 1. The van der Waals surface area contributed by atoms with Gasteiger partial charge in [0.1, 0.15) is 16.3 Å². The second kappa shape index (κ2) is 6.18. The molecule has 0 radical (unpaired) electrons. The Morgan fingerprint density at radius 3 is 2.71 bits per heavy atom. The van der Waals surface area contributed by atoms with Gasteiger partial charge in [0.25, 0.3) is 5.91 Å². The molecule has 3 rings (SSSR count). The Bertz CT molecular complexity index is 988. The molecule has 7 heteroatoms. The molecule has 1 amide bonds. The molecule has 0 bridgehead atoms. The molecule has 1 aromatic carbocycles. The SMILES string of the molecule is Cc1cc2oc(=O)cc(C)c2cc1NC(=O)c1csc([C@H](C)N)n1. The molecule has 6 nitrogen and oxygen atoms in total. The van der Waals surface area contributed by atoms with Gasteiger partial charge in [0.05, 0.1) is 6.04 Å². The number of nitrogens with zero attached hydrogens (tertiary/aromatic N) is 1. The third kappa shape index (κ3) is 3.08. The van der Waals surface area contributed by atoms with Crippen LogP contribution in [0.5, 0.6) is 0 Å². The molecule has 0 saturated heterocycles. The standard InChI is InChI=1S/C17H17N3O3S/c1-8-5-15(21)23-14-4-9(2)12(6-11(8)14)19-16(22)13-7-24-17(20-13)10(3)18/h4-7,10H,18H2,1-3H3,(H,19,22)/t10-/m0/s1. The van der Waals surface area contributed by atoms with E-state index in [9.17, 15) is 9.59 Å². The lowest BCUT2D eigenvalue weighted by atomic mass is 10.1. The van der Waals surface area contributed by atoms with Gasteiger partial charge in [0.15, 0.2) is 0 Å². The first-order valence-electron chi connectivity index (χ1n) is 7.42. The largest absolute Gasteiger partial charge is 0.423 e. The van der Waals surface area contributed by atoms with Gasteiger partial charge in [-0.05, 0) is 44.0 Å². The molecule has 0 spiro atoms. The van der Waals surface area contributed by atoms with Crippen molar-refractivity contribution in [2.45, 2.75) is 26.8 Å². The number of fused-ring (bicyclic) bond motifs is 1. The lowest BCUT2D eigenvalue weighted by molar-refractivity contribution is 0.102. The van der Waals surface area contributed by atoms with Gasteiger partial charge in [0.2, 0.25) is 0 Å². The summed E-state index contributed by atoms with van der Waals surface area (Å²) >= 11 is 1.36. The first-order valence-corrected chi connectivity index (χ1v) is 8.30. The summed E-state index contributed by atoms with van der Waals surface area (Å²) in [5.74, 6) is -0.296. The van der Waals surface area contributed by atoms with Crippen LogP contribution in [0.3, 0.4) is 0 Å². The number of aryl methyl sites for hydroxylation is 2. The quantitative estimate of drug-likeness (QED) is 0.712. The van der Waals surface area contributed by atoms with Crippen LogP contribution in [0.4, 0.5) is 5.69 Å². The first-order chi connectivity index (χ1) is 11.3. The van der Waals surface area contributed by atoms with Crippen molar-refractivity contribution in [1.29, 1.82) is 0 Å². The summed E-state index contributed by atoms with van der Waals surface area (Å²) in [4.78, 5) is 28.1. The van der Waals surface area contributed by atoms with E-state index in [1.807, 2.05) is 20.8 Å². The predicted molar refractivity (Wildman–Crippen MR) is 94.6 cm³/mol. The molecule has 2 aromatic heterocycles. The average Bonchev–Trinajstić information content (AvgIpc) is 2.98. The molecule has 2 heterocycles. The van der Waals surface area contributed by atoms with E-state index in [4.69, 9.17) is 10.2 Å². The number of nitrogens with two attached hydrogens (primary N) is 1. The van der Waals surface area contributed by atoms with Crippen molar-refractivity contribution in [3.05, 3.63) is 55.8 Å². The maximum Gasteiger partial charge on any atom is 0.336 e. The van der Waals surface area contributed by atoms with Crippen LogP contribution in [0, 0.1) is 13.8 Å². The Morgan fingerprint density at radius 2 is 2.04 bits per heavy atom. The highest BCUT2D eigenvalue weighted by atomic mass is 32.1. The number of thiazole rings is 1. The summed E-state index contributed by atoms with van der Waals surface area (Å²) < 4.78 is 5.20. The summed E-state index contributed by atoms with van der Waals surface area (Å²) in [6.45, 7) is 5.49. The number of aromatic nitrogens is 1. The van der Waals surface area contributed by atoms with Crippen molar-refractivity contribution in [2.24, 2.45) is 5.73 Å². The van der Waals surface area contributed by atoms with E-state index in [2.05, 4.69) is 10.3 Å². The average molecular weight is 343 g/mol. The van der Waals surface area contributed by atoms with Crippen LogP contribution in [0.25, 0.3) is 11.0 Å². The van der Waals surface area contributed by atoms with Crippen molar-refractivity contribution in [3.8, 4) is 0 Å². The highest BCUT2D eigenvalue weighted by Crippen LogP contribution is 2.26. The Hall–Kier alpha value is -2.51. The Labute approximate surface area is 142 Å². The zero-order valence-corrected chi connectivity index (χ0v) is 14.4. The number of rotatable bonds is 3. The highest BCUT2D eigenvalue weighted by Gasteiger charge is 2.15. The molecular formula is C17H17N3O3S. The summed E-state index contributed by atoms with van der Waals surface area (Å²) in [7, 11) is 0. The number of hydrogen-bond donors (Lipinski definition) is 2. The number of carbonyl (C=O) groups is 1. The van der Waals surface area contributed by atoms with Gasteiger partial charge in [-0.3, -0.25) is 4.79 Å². The summed E-state index contributed by atoms with van der Waals surface area (Å²) in [5, 5.41) is 6.04. The van der Waals surface area contributed by atoms with Crippen molar-refractivity contribution >= 4 is 33.9 Å². The molecule has 0 saturated carbocycles. The van der Waals surface area contributed by atoms with E-state index in [1.165, 1.54) is 17.4 Å². The number of nitrogens with one attached hydrogen (secondary N) is 1. The van der Waals surface area contributed by atoms with Crippen LogP contribution >= 0.6 is 11.3 Å². The van der Waals surface area contributed by atoms with E-state index in [0.29, 0.717) is 22.0 Å². The second-order valence-corrected chi connectivity index (χ2v) is 6.62. The number of carbonyl (C=O) groups excluding carboxylic acids is 1. The topological polar surface area (TPSA) is 98.2 Å². The van der Waals surface area contributed by atoms with Crippen molar-refractivity contribution in [1.82, 2.24) is 4.98 Å². The van der Waals surface area contributed by atoms with E-state index >= 15 is 0 Å². The minimum atomic E-state index is -0.387. The lowest BCUT2D eigenvalue weighted by Gasteiger charge is -2.10. The maximum absolute atomic E-state index is 12.4. The summed E-state index contributed by atoms with van der Waals surface area (Å²) in [6.07, 6.45) is 0. The normalized spacial score (nSPS) is 12.3. The summed E-state index contributed by atoms with van der Waals surface area (Å²) in [6, 6.07) is 4.77. The molecule has 0 aliphatic carbocycles. The third-order valence-corrected chi connectivity index (χ3v) is 4.73. The second-order valence-electron chi connectivity index (χ2n) is 5.73. The van der Waals surface area contributed by atoms with Gasteiger partial charge in [0, 0.05) is 22.5 Å². The molecule has 3 aromatic rings. The molecule has 0 unspecified atom stereocenters. The van der Waals surface area contributed by atoms with Crippen LogP contribution in [0.1, 0.15) is 39.6 Å². The Kier molecular flexibility index (Phi) is 4.21. The van der Waals surface area contributed by atoms with E-state index < -0.39 is 0 Å². The third-order valence-electron chi connectivity index (χ3n) is 3.69. The van der Waals surface area contributed by atoms with E-state index in [-0.39, 0.29) is 17.6 Å². The molecule has 24 heavy (non-hydrogen) atoms. The van der Waals surface area contributed by atoms with Crippen LogP contribution in [-0.2, 0) is 0 Å². The van der Waals surface area contributed by atoms with Gasteiger partial charge in [-0.1, -0.05) is 0 Å². The molecular weight excluding hydrogens is 326 g/mol. The lowest BCUT2D eigenvalue weighted by Crippen LogP contribution is -2.14. The van der Waals surface area contributed by atoms with Gasteiger partial charge in [-0.15, -0.1) is 11.3 Å². The first kappa shape index (κ1) is 16.4. The zero-order valence-electron chi connectivity index (χ0n) is 13.5.